The Bertz CT molecular complexity index is 1180. The van der Waals surface area contributed by atoms with Gasteiger partial charge in [0.2, 0.25) is 11.8 Å². The number of piperazine rings is 1. The summed E-state index contributed by atoms with van der Waals surface area (Å²) in [6.07, 6.45) is 2.26. The van der Waals surface area contributed by atoms with Gasteiger partial charge in [0.15, 0.2) is 0 Å². The second kappa shape index (κ2) is 8.64. The predicted molar refractivity (Wildman–Crippen MR) is 126 cm³/mol. The van der Waals surface area contributed by atoms with Crippen molar-refractivity contribution in [2.75, 3.05) is 13.1 Å². The fourth-order valence-electron chi connectivity index (χ4n) is 6.44. The molecule has 7 nitrogen and oxygen atoms in total. The van der Waals surface area contributed by atoms with Crippen LogP contribution in [0.2, 0.25) is 0 Å². The number of rotatable bonds is 6. The number of halogens is 2. The van der Waals surface area contributed by atoms with E-state index in [1.54, 1.807) is 29.2 Å². The van der Waals surface area contributed by atoms with Crippen molar-refractivity contribution in [3.8, 4) is 6.07 Å². The van der Waals surface area contributed by atoms with Crippen LogP contribution in [0.3, 0.4) is 0 Å². The summed E-state index contributed by atoms with van der Waals surface area (Å²) in [7, 11) is 0. The van der Waals surface area contributed by atoms with Crippen molar-refractivity contribution in [1.82, 2.24) is 14.7 Å². The molecule has 2 N–H and O–H groups in total. The number of benzene rings is 2. The van der Waals surface area contributed by atoms with Crippen LogP contribution in [0.15, 0.2) is 48.5 Å². The first-order valence-electron chi connectivity index (χ1n) is 12.4. The van der Waals surface area contributed by atoms with Crippen molar-refractivity contribution in [1.29, 1.82) is 5.26 Å². The Balaban J connectivity index is 1.20. The Hall–Kier alpha value is -3.35. The number of hydrogen-bond acceptors (Lipinski definition) is 5. The van der Waals surface area contributed by atoms with Gasteiger partial charge in [0.1, 0.15) is 17.7 Å². The van der Waals surface area contributed by atoms with Crippen molar-refractivity contribution in [3.05, 3.63) is 71.3 Å². The van der Waals surface area contributed by atoms with Crippen molar-refractivity contribution in [2.45, 2.75) is 55.5 Å². The van der Waals surface area contributed by atoms with Gasteiger partial charge in [0.25, 0.3) is 0 Å². The van der Waals surface area contributed by atoms with Gasteiger partial charge in [-0.15, -0.1) is 0 Å². The largest absolute Gasteiger partial charge is 0.326 e. The van der Waals surface area contributed by atoms with Gasteiger partial charge in [-0.2, -0.15) is 5.26 Å². The number of carbonyl (C=O) groups excluding carboxylic acids is 2. The molecule has 2 amide bonds. The van der Waals surface area contributed by atoms with E-state index in [1.807, 2.05) is 9.80 Å². The van der Waals surface area contributed by atoms with Gasteiger partial charge in [0, 0.05) is 25.2 Å². The monoisotopic (exact) mass is 491 g/mol. The zero-order valence-electron chi connectivity index (χ0n) is 19.6. The van der Waals surface area contributed by atoms with Crippen LogP contribution >= 0.6 is 0 Å². The molecule has 3 aliphatic heterocycles. The topological polar surface area (TPSA) is 93.7 Å². The molecule has 0 radical (unpaired) electrons. The lowest BCUT2D eigenvalue weighted by Gasteiger charge is -2.40. The van der Waals surface area contributed by atoms with Crippen LogP contribution in [-0.2, 0) is 9.59 Å². The van der Waals surface area contributed by atoms with Crippen LogP contribution in [-0.4, -0.2) is 69.8 Å². The van der Waals surface area contributed by atoms with Crippen LogP contribution in [0, 0.1) is 28.9 Å². The van der Waals surface area contributed by atoms with Crippen LogP contribution in [0.4, 0.5) is 8.78 Å². The summed E-state index contributed by atoms with van der Waals surface area (Å²) in [5, 5.41) is 9.42. The van der Waals surface area contributed by atoms with Gasteiger partial charge in [-0.05, 0) is 60.6 Å². The van der Waals surface area contributed by atoms with Gasteiger partial charge < -0.3 is 15.5 Å². The standard InChI is InChI=1S/C27H27F2N5O2/c28-18-5-1-15(2-6-18)25(16-3-7-19(29)8-4-16)34-21-11-24(27(34)36)32(13-21)14-22(31)26(35)33-20(12-30)9-17-10-23(17)33/h1-8,17,20-25H,9-11,13-14,31H2/t17-,20?,21+,22?,23?,24?/m1/s1. The summed E-state index contributed by atoms with van der Waals surface area (Å²) >= 11 is 0. The lowest BCUT2D eigenvalue weighted by atomic mass is 9.96. The minimum absolute atomic E-state index is 0.0807. The second-order valence-corrected chi connectivity index (χ2v) is 10.4. The van der Waals surface area contributed by atoms with Gasteiger partial charge in [-0.1, -0.05) is 24.3 Å². The molecule has 1 saturated carbocycles. The summed E-state index contributed by atoms with van der Waals surface area (Å²) < 4.78 is 27.3. The number of piperidine rings is 1. The van der Waals surface area contributed by atoms with E-state index in [2.05, 4.69) is 6.07 Å². The van der Waals surface area contributed by atoms with Crippen LogP contribution in [0.5, 0.6) is 0 Å². The highest BCUT2D eigenvalue weighted by molar-refractivity contribution is 5.87. The average Bonchev–Trinajstić information content (AvgIpc) is 3.19. The molecule has 4 aliphatic rings. The van der Waals surface area contributed by atoms with E-state index in [0.29, 0.717) is 18.9 Å². The molecule has 3 heterocycles. The molecule has 0 aromatic heterocycles. The minimum Gasteiger partial charge on any atom is -0.326 e. The maximum atomic E-state index is 13.6. The first kappa shape index (κ1) is 23.1. The molecule has 4 unspecified atom stereocenters. The summed E-state index contributed by atoms with van der Waals surface area (Å²) in [6.45, 7) is 0.813. The van der Waals surface area contributed by atoms with E-state index in [1.165, 1.54) is 24.3 Å². The molecule has 186 valence electrons. The highest BCUT2D eigenvalue weighted by Gasteiger charge is 2.56. The molecule has 1 aliphatic carbocycles. The van der Waals surface area contributed by atoms with E-state index < -0.39 is 24.2 Å². The molecular weight excluding hydrogens is 464 g/mol. The third-order valence-electron chi connectivity index (χ3n) is 8.22. The SMILES string of the molecule is N#CC1C[C@@H]2CC2N1C(=O)C(N)CN1C[C@@H]2CC1C(=O)N2C(c1ccc(F)cc1)c1ccc(F)cc1. The number of carbonyl (C=O) groups is 2. The van der Waals surface area contributed by atoms with Crippen LogP contribution in [0.25, 0.3) is 0 Å². The summed E-state index contributed by atoms with van der Waals surface area (Å²) in [6, 6.07) is 12.2. The van der Waals surface area contributed by atoms with Gasteiger partial charge in [-0.25, -0.2) is 8.78 Å². The first-order chi connectivity index (χ1) is 17.4. The smallest absolute Gasteiger partial charge is 0.242 e. The number of nitriles is 1. The lowest BCUT2D eigenvalue weighted by Crippen LogP contribution is -2.57. The molecule has 3 saturated heterocycles. The Morgan fingerprint density at radius 2 is 1.64 bits per heavy atom. The zero-order valence-corrected chi connectivity index (χ0v) is 19.6. The highest BCUT2D eigenvalue weighted by atomic mass is 19.1. The molecule has 36 heavy (non-hydrogen) atoms. The van der Waals surface area contributed by atoms with Crippen molar-refractivity contribution in [3.63, 3.8) is 0 Å². The van der Waals surface area contributed by atoms with Gasteiger partial charge in [-0.3, -0.25) is 14.5 Å². The Kier molecular flexibility index (Phi) is 5.54. The molecule has 4 fully saturated rings. The summed E-state index contributed by atoms with van der Waals surface area (Å²) in [5.74, 6) is -0.620. The predicted octanol–water partition coefficient (Wildman–Crippen LogP) is 2.18. The average molecular weight is 492 g/mol. The van der Waals surface area contributed by atoms with Crippen molar-refractivity contribution >= 4 is 11.8 Å². The highest BCUT2D eigenvalue weighted by Crippen LogP contribution is 2.48. The number of likely N-dealkylation sites (tertiary alicyclic amines) is 3. The van der Waals surface area contributed by atoms with Crippen molar-refractivity contribution < 1.29 is 18.4 Å². The number of amides is 2. The molecule has 2 bridgehead atoms. The lowest BCUT2D eigenvalue weighted by molar-refractivity contribution is -0.140. The minimum atomic E-state index is -0.800. The normalized spacial score (nSPS) is 29.5. The molecule has 6 atom stereocenters. The van der Waals surface area contributed by atoms with Crippen LogP contribution < -0.4 is 5.73 Å². The number of fused-ring (bicyclic) bond motifs is 3. The van der Waals surface area contributed by atoms with Crippen molar-refractivity contribution in [2.24, 2.45) is 11.7 Å². The maximum Gasteiger partial charge on any atom is 0.242 e. The number of nitrogens with zero attached hydrogens (tertiary/aromatic N) is 4. The maximum absolute atomic E-state index is 13.6. The quantitative estimate of drug-likeness (QED) is 0.669. The van der Waals surface area contributed by atoms with E-state index in [0.717, 1.165) is 24.0 Å². The fourth-order valence-corrected chi connectivity index (χ4v) is 6.44. The molecule has 0 spiro atoms. The van der Waals surface area contributed by atoms with E-state index in [4.69, 9.17) is 5.73 Å². The van der Waals surface area contributed by atoms with E-state index in [-0.39, 0.29) is 42.1 Å². The molecule has 6 rings (SSSR count). The molecule has 9 heteroatoms. The Morgan fingerprint density at radius 3 is 2.19 bits per heavy atom. The molecular formula is C27H27F2N5O2. The van der Waals surface area contributed by atoms with Gasteiger partial charge in [0.05, 0.1) is 24.2 Å². The summed E-state index contributed by atoms with van der Waals surface area (Å²) in [4.78, 5) is 32.2. The van der Waals surface area contributed by atoms with Crippen LogP contribution in [0.1, 0.15) is 36.4 Å². The third kappa shape index (κ3) is 3.76. The third-order valence-corrected chi connectivity index (χ3v) is 8.22. The summed E-state index contributed by atoms with van der Waals surface area (Å²) in [5.41, 5.74) is 7.81. The number of hydrogen-bond donors (Lipinski definition) is 1. The van der Waals surface area contributed by atoms with Gasteiger partial charge >= 0.3 is 0 Å². The Labute approximate surface area is 208 Å². The Morgan fingerprint density at radius 1 is 1.03 bits per heavy atom. The second-order valence-electron chi connectivity index (χ2n) is 10.4. The number of nitrogens with two attached hydrogens (primary N) is 1. The molecule has 2 aromatic rings. The molecule has 2 aromatic carbocycles. The first-order valence-corrected chi connectivity index (χ1v) is 12.4. The zero-order chi connectivity index (χ0) is 25.1. The van der Waals surface area contributed by atoms with E-state index in [9.17, 15) is 23.6 Å². The van der Waals surface area contributed by atoms with E-state index >= 15 is 0 Å². The fraction of sp³-hybridized carbons (Fsp3) is 0.444.